The zero-order chi connectivity index (χ0) is 12.9. The predicted octanol–water partition coefficient (Wildman–Crippen LogP) is 2.06. The Morgan fingerprint density at radius 3 is 3.00 bits per heavy atom. The van der Waals surface area contributed by atoms with Crippen molar-refractivity contribution in [2.75, 3.05) is 5.32 Å². The average Bonchev–Trinajstić information content (AvgIpc) is 2.76. The minimum atomic E-state index is -0.252. The molecule has 18 heavy (non-hydrogen) atoms. The molecular weight excluding hydrogens is 296 g/mol. The van der Waals surface area contributed by atoms with Crippen LogP contribution in [0.4, 0.5) is 5.82 Å². The molecule has 0 radical (unpaired) electrons. The van der Waals surface area contributed by atoms with Gasteiger partial charge < -0.3 is 14.8 Å². The Bertz CT molecular complexity index is 595. The third-order valence-corrected chi connectivity index (χ3v) is 4.25. The molecule has 1 aliphatic carbocycles. The number of aliphatic hydroxyl groups is 1. The minimum absolute atomic E-state index is 0.131. The van der Waals surface area contributed by atoms with E-state index in [4.69, 9.17) is 0 Å². The summed E-state index contributed by atoms with van der Waals surface area (Å²) >= 11 is 3.39. The van der Waals surface area contributed by atoms with Crippen molar-refractivity contribution in [2.24, 2.45) is 5.41 Å². The van der Waals surface area contributed by atoms with E-state index in [1.165, 1.54) is 0 Å². The quantitative estimate of drug-likeness (QED) is 0.891. The lowest BCUT2D eigenvalue weighted by molar-refractivity contribution is -0.0511. The van der Waals surface area contributed by atoms with E-state index in [2.05, 4.69) is 45.1 Å². The highest BCUT2D eigenvalue weighted by atomic mass is 79.9. The summed E-state index contributed by atoms with van der Waals surface area (Å²) in [6, 6.07) is 0.217. The van der Waals surface area contributed by atoms with Crippen LogP contribution in [0.5, 0.6) is 0 Å². The number of anilines is 1. The van der Waals surface area contributed by atoms with Crippen molar-refractivity contribution in [3.8, 4) is 0 Å². The van der Waals surface area contributed by atoms with Gasteiger partial charge in [0, 0.05) is 30.0 Å². The van der Waals surface area contributed by atoms with Crippen molar-refractivity contribution >= 4 is 27.4 Å². The fourth-order valence-electron chi connectivity index (χ4n) is 2.31. The number of nitrogens with one attached hydrogen (secondary N) is 1. The van der Waals surface area contributed by atoms with Crippen LogP contribution in [0, 0.1) is 5.41 Å². The summed E-state index contributed by atoms with van der Waals surface area (Å²) in [7, 11) is 0. The third kappa shape index (κ3) is 1.71. The first kappa shape index (κ1) is 11.9. The van der Waals surface area contributed by atoms with Gasteiger partial charge >= 0.3 is 0 Å². The smallest absolute Gasteiger partial charge is 0.180 e. The van der Waals surface area contributed by atoms with Crippen molar-refractivity contribution in [2.45, 2.75) is 32.4 Å². The molecule has 2 aromatic rings. The second-order valence-electron chi connectivity index (χ2n) is 5.34. The van der Waals surface area contributed by atoms with Crippen molar-refractivity contribution in [3.05, 3.63) is 23.2 Å². The maximum absolute atomic E-state index is 9.76. The summed E-state index contributed by atoms with van der Waals surface area (Å²) in [5.41, 5.74) is 0.670. The zero-order valence-electron chi connectivity index (χ0n) is 10.3. The van der Waals surface area contributed by atoms with Crippen molar-refractivity contribution in [3.63, 3.8) is 0 Å². The van der Waals surface area contributed by atoms with Gasteiger partial charge in [0.15, 0.2) is 11.5 Å². The Labute approximate surface area is 113 Å². The molecule has 2 heterocycles. The number of fused-ring (bicyclic) bond motifs is 1. The molecule has 0 bridgehead atoms. The number of nitrogens with zero attached hydrogens (tertiary/aromatic N) is 3. The van der Waals surface area contributed by atoms with Gasteiger partial charge in [0.05, 0.1) is 6.10 Å². The molecule has 3 rings (SSSR count). The molecule has 2 unspecified atom stereocenters. The van der Waals surface area contributed by atoms with Crippen LogP contribution in [0.25, 0.3) is 5.65 Å². The minimum Gasteiger partial charge on any atom is -0.392 e. The summed E-state index contributed by atoms with van der Waals surface area (Å²) in [6.07, 6.45) is 5.99. The Morgan fingerprint density at radius 1 is 1.56 bits per heavy atom. The number of aromatic nitrogens is 3. The second kappa shape index (κ2) is 3.93. The first-order chi connectivity index (χ1) is 8.48. The molecule has 0 saturated heterocycles. The standard InChI is InChI=1S/C12H15BrN4O/c1-12(2)7(5-8(12)18)15-10-11-14-3-4-17(11)6-9(13)16-10/h3-4,6-8,18H,5H2,1-2H3,(H,15,16). The Balaban J connectivity index is 1.93. The van der Waals surface area contributed by atoms with Crippen LogP contribution < -0.4 is 5.32 Å². The van der Waals surface area contributed by atoms with Crippen molar-refractivity contribution in [1.29, 1.82) is 0 Å². The van der Waals surface area contributed by atoms with Crippen LogP contribution in [0.1, 0.15) is 20.3 Å². The third-order valence-electron chi connectivity index (χ3n) is 3.87. The molecule has 2 N–H and O–H groups in total. The SMILES string of the molecule is CC1(C)C(O)CC1Nc1nc(Br)cn2ccnc12. The molecule has 5 nitrogen and oxygen atoms in total. The van der Waals surface area contributed by atoms with E-state index < -0.39 is 0 Å². The van der Waals surface area contributed by atoms with Gasteiger partial charge in [0.25, 0.3) is 0 Å². The molecule has 2 atom stereocenters. The fourth-order valence-corrected chi connectivity index (χ4v) is 2.71. The first-order valence-corrected chi connectivity index (χ1v) is 6.71. The number of hydrogen-bond acceptors (Lipinski definition) is 4. The summed E-state index contributed by atoms with van der Waals surface area (Å²) in [4.78, 5) is 8.72. The van der Waals surface area contributed by atoms with Crippen LogP contribution >= 0.6 is 15.9 Å². The number of hydrogen-bond donors (Lipinski definition) is 2. The number of halogens is 1. The lowest BCUT2D eigenvalue weighted by Gasteiger charge is -2.49. The van der Waals surface area contributed by atoms with Crippen molar-refractivity contribution < 1.29 is 5.11 Å². The maximum Gasteiger partial charge on any atom is 0.180 e. The summed E-state index contributed by atoms with van der Waals surface area (Å²) in [5.74, 6) is 0.749. The molecule has 96 valence electrons. The summed E-state index contributed by atoms with van der Waals surface area (Å²) in [6.45, 7) is 4.11. The van der Waals surface area contributed by atoms with Crippen LogP contribution in [-0.2, 0) is 0 Å². The molecule has 0 amide bonds. The number of rotatable bonds is 2. The van der Waals surface area contributed by atoms with Crippen LogP contribution in [0.15, 0.2) is 23.2 Å². The lowest BCUT2D eigenvalue weighted by atomic mass is 9.64. The van der Waals surface area contributed by atoms with Gasteiger partial charge in [0.1, 0.15) is 4.60 Å². The van der Waals surface area contributed by atoms with Gasteiger partial charge in [-0.1, -0.05) is 13.8 Å². The van der Waals surface area contributed by atoms with Crippen LogP contribution in [0.2, 0.25) is 0 Å². The number of aliphatic hydroxyl groups excluding tert-OH is 1. The largest absolute Gasteiger partial charge is 0.392 e. The second-order valence-corrected chi connectivity index (χ2v) is 6.15. The molecule has 2 aromatic heterocycles. The van der Waals surface area contributed by atoms with E-state index in [9.17, 15) is 5.11 Å². The van der Waals surface area contributed by atoms with Crippen molar-refractivity contribution in [1.82, 2.24) is 14.4 Å². The van der Waals surface area contributed by atoms with Crippen LogP contribution in [0.3, 0.4) is 0 Å². The number of imidazole rings is 1. The van der Waals surface area contributed by atoms with Gasteiger partial charge in [-0.2, -0.15) is 0 Å². The molecule has 1 aliphatic rings. The zero-order valence-corrected chi connectivity index (χ0v) is 11.8. The molecule has 0 aromatic carbocycles. The van der Waals surface area contributed by atoms with E-state index in [1.807, 2.05) is 16.8 Å². The Hall–Kier alpha value is -1.14. The van der Waals surface area contributed by atoms with E-state index in [1.54, 1.807) is 6.20 Å². The first-order valence-electron chi connectivity index (χ1n) is 5.92. The molecule has 1 fully saturated rings. The van der Waals surface area contributed by atoms with Gasteiger partial charge in [-0.3, -0.25) is 0 Å². The maximum atomic E-state index is 9.76. The lowest BCUT2D eigenvalue weighted by Crippen LogP contribution is -2.57. The fraction of sp³-hybridized carbons (Fsp3) is 0.500. The van der Waals surface area contributed by atoms with E-state index in [0.29, 0.717) is 0 Å². The highest BCUT2D eigenvalue weighted by Crippen LogP contribution is 2.42. The van der Waals surface area contributed by atoms with E-state index in [-0.39, 0.29) is 17.6 Å². The van der Waals surface area contributed by atoms with Crippen LogP contribution in [-0.4, -0.2) is 31.6 Å². The Morgan fingerprint density at radius 2 is 2.33 bits per heavy atom. The summed E-state index contributed by atoms with van der Waals surface area (Å²) < 4.78 is 2.68. The highest BCUT2D eigenvalue weighted by molar-refractivity contribution is 9.10. The molecule has 0 spiro atoms. The van der Waals surface area contributed by atoms with Gasteiger partial charge in [-0.05, 0) is 22.4 Å². The predicted molar refractivity (Wildman–Crippen MR) is 72.5 cm³/mol. The van der Waals surface area contributed by atoms with Gasteiger partial charge in [-0.15, -0.1) is 0 Å². The van der Waals surface area contributed by atoms with E-state index >= 15 is 0 Å². The molecule has 1 saturated carbocycles. The van der Waals surface area contributed by atoms with Gasteiger partial charge in [-0.25, -0.2) is 9.97 Å². The monoisotopic (exact) mass is 310 g/mol. The van der Waals surface area contributed by atoms with E-state index in [0.717, 1.165) is 22.5 Å². The topological polar surface area (TPSA) is 62.5 Å². The normalized spacial score (nSPS) is 26.0. The Kier molecular flexibility index (Phi) is 2.60. The molecule has 0 aliphatic heterocycles. The molecule has 6 heteroatoms. The highest BCUT2D eigenvalue weighted by Gasteiger charge is 2.47. The summed E-state index contributed by atoms with van der Waals surface area (Å²) in [5, 5.41) is 13.1. The average molecular weight is 311 g/mol. The van der Waals surface area contributed by atoms with Gasteiger partial charge in [0.2, 0.25) is 0 Å². The molecular formula is C12H15BrN4O.